The van der Waals surface area contributed by atoms with Crippen LogP contribution in [0.15, 0.2) is 59.3 Å². The molecule has 0 aliphatic carbocycles. The summed E-state index contributed by atoms with van der Waals surface area (Å²) in [4.78, 5) is 45.1. The second-order valence-corrected chi connectivity index (χ2v) is 7.60. The third-order valence-electron chi connectivity index (χ3n) is 4.79. The number of carboxylic acid groups (broad SMARTS) is 1. The van der Waals surface area contributed by atoms with E-state index in [1.807, 2.05) is 16.8 Å². The largest absolute Gasteiger partial charge is 0.465 e. The highest BCUT2D eigenvalue weighted by Crippen LogP contribution is 2.21. The van der Waals surface area contributed by atoms with Gasteiger partial charge in [-0.2, -0.15) is 11.3 Å². The van der Waals surface area contributed by atoms with Gasteiger partial charge in [0.15, 0.2) is 5.78 Å². The van der Waals surface area contributed by atoms with Gasteiger partial charge in [0, 0.05) is 24.7 Å². The van der Waals surface area contributed by atoms with Gasteiger partial charge in [0.25, 0.3) is 5.91 Å². The zero-order valence-corrected chi connectivity index (χ0v) is 17.3. The Bertz CT molecular complexity index is 1280. The Hall–Kier alpha value is -3.98. The average molecular weight is 434 g/mol. The van der Waals surface area contributed by atoms with Crippen LogP contribution in [0.5, 0.6) is 0 Å². The van der Waals surface area contributed by atoms with Gasteiger partial charge in [-0.3, -0.25) is 14.5 Å². The van der Waals surface area contributed by atoms with Crippen LogP contribution in [-0.4, -0.2) is 39.9 Å². The minimum atomic E-state index is -1.15. The van der Waals surface area contributed by atoms with Crippen molar-refractivity contribution in [2.75, 3.05) is 11.9 Å². The van der Waals surface area contributed by atoms with Crippen LogP contribution in [-0.2, 0) is 6.54 Å². The SMILES string of the molecule is CN(C(=O)O)c1nc2ccc(C(=O)c3ccccc3C(=O)NCc3ccsc3)cc2[nH]1. The maximum atomic E-state index is 13.2. The van der Waals surface area contributed by atoms with Crippen molar-refractivity contribution in [1.82, 2.24) is 15.3 Å². The van der Waals surface area contributed by atoms with Gasteiger partial charge in [-0.15, -0.1) is 0 Å². The van der Waals surface area contributed by atoms with Crippen molar-refractivity contribution in [1.29, 1.82) is 0 Å². The van der Waals surface area contributed by atoms with E-state index >= 15 is 0 Å². The molecule has 8 nitrogen and oxygen atoms in total. The average Bonchev–Trinajstić information content (AvgIpc) is 3.45. The normalized spacial score (nSPS) is 10.7. The van der Waals surface area contributed by atoms with E-state index in [0.29, 0.717) is 28.7 Å². The van der Waals surface area contributed by atoms with Crippen LogP contribution < -0.4 is 10.2 Å². The number of ketones is 1. The molecule has 9 heteroatoms. The fourth-order valence-electron chi connectivity index (χ4n) is 3.09. The van der Waals surface area contributed by atoms with Crippen molar-refractivity contribution in [3.8, 4) is 0 Å². The predicted molar refractivity (Wildman–Crippen MR) is 118 cm³/mol. The second kappa shape index (κ2) is 8.41. The molecule has 2 amide bonds. The number of aromatic amines is 1. The number of carbonyl (C=O) groups is 3. The summed E-state index contributed by atoms with van der Waals surface area (Å²) < 4.78 is 0. The van der Waals surface area contributed by atoms with Gasteiger partial charge >= 0.3 is 6.09 Å². The Morgan fingerprint density at radius 1 is 1.13 bits per heavy atom. The molecule has 0 aliphatic heterocycles. The number of nitrogens with one attached hydrogen (secondary N) is 2. The first-order chi connectivity index (χ1) is 14.9. The standard InChI is InChI=1S/C22H18N4O4S/c1-26(22(29)30)21-24-17-7-6-14(10-18(17)25-21)19(27)15-4-2-3-5-16(15)20(28)23-11-13-8-9-31-12-13/h2-10,12H,11H2,1H3,(H,23,28)(H,24,25)(H,29,30). The zero-order valence-electron chi connectivity index (χ0n) is 16.5. The summed E-state index contributed by atoms with van der Waals surface area (Å²) in [7, 11) is 1.37. The Balaban J connectivity index is 1.61. The van der Waals surface area contributed by atoms with Crippen molar-refractivity contribution >= 4 is 46.1 Å². The van der Waals surface area contributed by atoms with Crippen molar-refractivity contribution in [3.05, 3.63) is 81.5 Å². The monoisotopic (exact) mass is 434 g/mol. The van der Waals surface area contributed by atoms with E-state index in [0.717, 1.165) is 10.5 Å². The van der Waals surface area contributed by atoms with E-state index in [1.165, 1.54) is 7.05 Å². The molecule has 2 heterocycles. The van der Waals surface area contributed by atoms with Gasteiger partial charge in [0.2, 0.25) is 5.95 Å². The number of anilines is 1. The lowest BCUT2D eigenvalue weighted by atomic mass is 9.97. The third-order valence-corrected chi connectivity index (χ3v) is 5.52. The molecule has 0 unspecified atom stereocenters. The molecule has 0 fully saturated rings. The number of benzene rings is 2. The molecule has 31 heavy (non-hydrogen) atoms. The molecular formula is C22H18N4O4S. The summed E-state index contributed by atoms with van der Waals surface area (Å²) in [5, 5.41) is 15.8. The molecule has 0 spiro atoms. The maximum Gasteiger partial charge on any atom is 0.413 e. The van der Waals surface area contributed by atoms with Crippen molar-refractivity contribution < 1.29 is 19.5 Å². The van der Waals surface area contributed by atoms with Gasteiger partial charge in [-0.05, 0) is 46.7 Å². The summed E-state index contributed by atoms with van der Waals surface area (Å²) in [6, 6.07) is 13.4. The second-order valence-electron chi connectivity index (χ2n) is 6.82. The first kappa shape index (κ1) is 20.3. The fourth-order valence-corrected chi connectivity index (χ4v) is 3.76. The summed E-state index contributed by atoms with van der Waals surface area (Å²) in [6.07, 6.45) is -1.15. The highest BCUT2D eigenvalue weighted by molar-refractivity contribution is 7.07. The molecule has 0 radical (unpaired) electrons. The van der Waals surface area contributed by atoms with Crippen LogP contribution in [0, 0.1) is 0 Å². The summed E-state index contributed by atoms with van der Waals surface area (Å²) in [5.41, 5.74) is 2.98. The van der Waals surface area contributed by atoms with Crippen LogP contribution in [0.3, 0.4) is 0 Å². The molecule has 0 saturated heterocycles. The number of rotatable bonds is 6. The molecule has 156 valence electrons. The molecule has 2 aromatic heterocycles. The van der Waals surface area contributed by atoms with Gasteiger partial charge in [0.05, 0.1) is 16.6 Å². The van der Waals surface area contributed by atoms with Gasteiger partial charge < -0.3 is 15.4 Å². The third kappa shape index (κ3) is 4.17. The first-order valence-corrected chi connectivity index (χ1v) is 10.3. The summed E-state index contributed by atoms with van der Waals surface area (Å²) in [6.45, 7) is 0.380. The minimum absolute atomic E-state index is 0.153. The number of hydrogen-bond acceptors (Lipinski definition) is 5. The molecule has 0 saturated carbocycles. The Morgan fingerprint density at radius 3 is 2.61 bits per heavy atom. The maximum absolute atomic E-state index is 13.2. The number of carbonyl (C=O) groups excluding carboxylic acids is 2. The topological polar surface area (TPSA) is 115 Å². The minimum Gasteiger partial charge on any atom is -0.465 e. The van der Waals surface area contributed by atoms with Crippen LogP contribution in [0.2, 0.25) is 0 Å². The van der Waals surface area contributed by atoms with Crippen LogP contribution in [0.25, 0.3) is 11.0 Å². The molecule has 0 bridgehead atoms. The van der Waals surface area contributed by atoms with E-state index in [1.54, 1.807) is 53.8 Å². The Labute approximate surface area is 181 Å². The fraction of sp³-hybridized carbons (Fsp3) is 0.0909. The van der Waals surface area contributed by atoms with E-state index in [9.17, 15) is 14.4 Å². The Kier molecular flexibility index (Phi) is 5.50. The number of fused-ring (bicyclic) bond motifs is 1. The molecule has 4 aromatic rings. The van der Waals surface area contributed by atoms with E-state index in [-0.39, 0.29) is 23.2 Å². The summed E-state index contributed by atoms with van der Waals surface area (Å²) >= 11 is 1.55. The van der Waals surface area contributed by atoms with Crippen molar-refractivity contribution in [3.63, 3.8) is 0 Å². The smallest absolute Gasteiger partial charge is 0.413 e. The van der Waals surface area contributed by atoms with Gasteiger partial charge in [0.1, 0.15) is 0 Å². The summed E-state index contributed by atoms with van der Waals surface area (Å²) in [5.74, 6) is -0.491. The number of nitrogens with zero attached hydrogens (tertiary/aromatic N) is 2. The van der Waals surface area contributed by atoms with Crippen molar-refractivity contribution in [2.45, 2.75) is 6.54 Å². The molecular weight excluding hydrogens is 416 g/mol. The zero-order chi connectivity index (χ0) is 22.0. The number of thiophene rings is 1. The van der Waals surface area contributed by atoms with E-state index in [2.05, 4.69) is 15.3 Å². The number of hydrogen-bond donors (Lipinski definition) is 3. The highest BCUT2D eigenvalue weighted by atomic mass is 32.1. The molecule has 0 atom stereocenters. The highest BCUT2D eigenvalue weighted by Gasteiger charge is 2.19. The van der Waals surface area contributed by atoms with Crippen LogP contribution >= 0.6 is 11.3 Å². The van der Waals surface area contributed by atoms with Crippen molar-refractivity contribution in [2.24, 2.45) is 0 Å². The van der Waals surface area contributed by atoms with E-state index in [4.69, 9.17) is 5.11 Å². The first-order valence-electron chi connectivity index (χ1n) is 9.33. The lowest BCUT2D eigenvalue weighted by Gasteiger charge is -2.09. The molecule has 4 rings (SSSR count). The van der Waals surface area contributed by atoms with Crippen LogP contribution in [0.4, 0.5) is 10.7 Å². The van der Waals surface area contributed by atoms with Gasteiger partial charge in [-0.25, -0.2) is 9.78 Å². The number of aromatic nitrogens is 2. The number of imidazole rings is 1. The molecule has 2 aromatic carbocycles. The predicted octanol–water partition coefficient (Wildman–Crippen LogP) is 3.90. The van der Waals surface area contributed by atoms with E-state index < -0.39 is 6.09 Å². The lowest BCUT2D eigenvalue weighted by Crippen LogP contribution is -2.24. The van der Waals surface area contributed by atoms with Gasteiger partial charge in [-0.1, -0.05) is 18.2 Å². The Morgan fingerprint density at radius 2 is 1.90 bits per heavy atom. The quantitative estimate of drug-likeness (QED) is 0.398. The number of amides is 2. The lowest BCUT2D eigenvalue weighted by molar-refractivity contribution is 0.0939. The molecule has 3 N–H and O–H groups in total. The number of H-pyrrole nitrogens is 1. The molecule has 0 aliphatic rings. The van der Waals surface area contributed by atoms with Crippen LogP contribution in [0.1, 0.15) is 31.8 Å².